The Labute approximate surface area is 157 Å². The highest BCUT2D eigenvalue weighted by Gasteiger charge is 2.10. The number of carbonyl (C=O) groups is 1. The van der Waals surface area contributed by atoms with Crippen LogP contribution in [0.1, 0.15) is 29.8 Å². The summed E-state index contributed by atoms with van der Waals surface area (Å²) in [5.74, 6) is 1.30. The van der Waals surface area contributed by atoms with Gasteiger partial charge in [-0.25, -0.2) is 5.43 Å². The summed E-state index contributed by atoms with van der Waals surface area (Å²) < 4.78 is 15.9. The molecule has 1 N–H and O–H groups in total. The van der Waals surface area contributed by atoms with E-state index in [-0.39, 0.29) is 12.0 Å². The van der Waals surface area contributed by atoms with Gasteiger partial charge in [-0.05, 0) is 55.8 Å². The molecule has 0 aromatic heterocycles. The van der Waals surface area contributed by atoms with Crippen LogP contribution in [0.15, 0.2) is 41.5 Å². The second-order valence-corrected chi connectivity index (χ2v) is 6.04. The van der Waals surface area contributed by atoms with Crippen LogP contribution in [-0.4, -0.2) is 32.4 Å². The van der Waals surface area contributed by atoms with Crippen molar-refractivity contribution in [2.45, 2.75) is 20.0 Å². The van der Waals surface area contributed by atoms with Gasteiger partial charge in [-0.3, -0.25) is 4.79 Å². The van der Waals surface area contributed by atoms with Crippen LogP contribution in [0.25, 0.3) is 0 Å². The average Bonchev–Trinajstić information content (AvgIpc) is 2.61. The molecule has 6 nitrogen and oxygen atoms in total. The van der Waals surface area contributed by atoms with E-state index < -0.39 is 0 Å². The molecular formula is C19H21ClN2O4. The Balaban J connectivity index is 2.03. The molecule has 26 heavy (non-hydrogen) atoms. The van der Waals surface area contributed by atoms with Crippen LogP contribution in [0, 0.1) is 0 Å². The third-order valence-electron chi connectivity index (χ3n) is 3.32. The minimum atomic E-state index is -0.330. The first-order valence-corrected chi connectivity index (χ1v) is 8.34. The molecular weight excluding hydrogens is 356 g/mol. The zero-order valence-electron chi connectivity index (χ0n) is 15.1. The maximum atomic E-state index is 12.1. The molecule has 0 aliphatic heterocycles. The summed E-state index contributed by atoms with van der Waals surface area (Å²) in [6.45, 7) is 3.88. The van der Waals surface area contributed by atoms with Crippen LogP contribution in [0.4, 0.5) is 0 Å². The van der Waals surface area contributed by atoms with Gasteiger partial charge < -0.3 is 14.2 Å². The number of amides is 1. The summed E-state index contributed by atoms with van der Waals surface area (Å²) in [6.07, 6.45) is 1.55. The molecule has 2 aromatic rings. The van der Waals surface area contributed by atoms with Gasteiger partial charge in [-0.15, -0.1) is 0 Å². The summed E-state index contributed by atoms with van der Waals surface area (Å²) in [6, 6.07) is 10.2. The van der Waals surface area contributed by atoms with E-state index in [1.54, 1.807) is 36.4 Å². The number of hydrazone groups is 1. The molecule has 0 fully saturated rings. The van der Waals surface area contributed by atoms with E-state index >= 15 is 0 Å². The molecule has 2 rings (SSSR count). The van der Waals surface area contributed by atoms with Crippen molar-refractivity contribution in [3.8, 4) is 17.2 Å². The number of hydrogen-bond acceptors (Lipinski definition) is 5. The first-order chi connectivity index (χ1) is 12.4. The molecule has 7 heteroatoms. The van der Waals surface area contributed by atoms with Crippen molar-refractivity contribution in [1.29, 1.82) is 0 Å². The molecule has 0 aliphatic rings. The van der Waals surface area contributed by atoms with E-state index in [4.69, 9.17) is 25.8 Å². The number of benzene rings is 2. The van der Waals surface area contributed by atoms with E-state index in [2.05, 4.69) is 10.5 Å². The van der Waals surface area contributed by atoms with Crippen molar-refractivity contribution in [3.05, 3.63) is 52.5 Å². The first-order valence-electron chi connectivity index (χ1n) is 7.96. The standard InChI is InChI=1S/C19H21ClN2O4/c1-12(2)26-15-7-5-14(6-8-15)19(23)22-21-11-13-9-16(20)18(25-4)17(10-13)24-3/h5-12H,1-4H3,(H,22,23)/b21-11-. The lowest BCUT2D eigenvalue weighted by atomic mass is 10.2. The maximum Gasteiger partial charge on any atom is 0.271 e. The van der Waals surface area contributed by atoms with E-state index in [1.807, 2.05) is 13.8 Å². The summed E-state index contributed by atoms with van der Waals surface area (Å²) in [5.41, 5.74) is 3.60. The van der Waals surface area contributed by atoms with E-state index in [0.29, 0.717) is 33.4 Å². The topological polar surface area (TPSA) is 69.2 Å². The fourth-order valence-corrected chi connectivity index (χ4v) is 2.50. The highest BCUT2D eigenvalue weighted by Crippen LogP contribution is 2.35. The summed E-state index contributed by atoms with van der Waals surface area (Å²) in [4.78, 5) is 12.1. The average molecular weight is 377 g/mol. The van der Waals surface area contributed by atoms with Gasteiger partial charge in [0, 0.05) is 5.56 Å². The van der Waals surface area contributed by atoms with Gasteiger partial charge in [0.2, 0.25) is 0 Å². The van der Waals surface area contributed by atoms with Gasteiger partial charge in [0.15, 0.2) is 11.5 Å². The summed E-state index contributed by atoms with van der Waals surface area (Å²) >= 11 is 6.14. The lowest BCUT2D eigenvalue weighted by Crippen LogP contribution is -2.17. The predicted molar refractivity (Wildman–Crippen MR) is 102 cm³/mol. The van der Waals surface area contributed by atoms with E-state index in [0.717, 1.165) is 0 Å². The van der Waals surface area contributed by atoms with Gasteiger partial charge in [0.25, 0.3) is 5.91 Å². The van der Waals surface area contributed by atoms with Crippen molar-refractivity contribution < 1.29 is 19.0 Å². The molecule has 138 valence electrons. The van der Waals surface area contributed by atoms with Gasteiger partial charge in [0.1, 0.15) is 5.75 Å². The molecule has 1 amide bonds. The Morgan fingerprint density at radius 1 is 1.15 bits per heavy atom. The Morgan fingerprint density at radius 3 is 2.42 bits per heavy atom. The lowest BCUT2D eigenvalue weighted by molar-refractivity contribution is 0.0955. The van der Waals surface area contributed by atoms with Crippen LogP contribution >= 0.6 is 11.6 Å². The molecule has 0 unspecified atom stereocenters. The molecule has 0 heterocycles. The molecule has 0 atom stereocenters. The maximum absolute atomic E-state index is 12.1. The molecule has 0 saturated carbocycles. The Kier molecular flexibility index (Phi) is 6.86. The second kappa shape index (κ2) is 9.10. The number of rotatable bonds is 7. The van der Waals surface area contributed by atoms with Crippen LogP contribution in [0.5, 0.6) is 17.2 Å². The summed E-state index contributed by atoms with van der Waals surface area (Å²) in [7, 11) is 3.03. The quantitative estimate of drug-likeness (QED) is 0.587. The lowest BCUT2D eigenvalue weighted by Gasteiger charge is -2.10. The number of halogens is 1. The van der Waals surface area contributed by atoms with Gasteiger partial charge in [-0.2, -0.15) is 5.10 Å². The van der Waals surface area contributed by atoms with Crippen molar-refractivity contribution >= 4 is 23.7 Å². The Hall–Kier alpha value is -2.73. The third-order valence-corrected chi connectivity index (χ3v) is 3.60. The van der Waals surface area contributed by atoms with Crippen LogP contribution in [0.2, 0.25) is 5.02 Å². The molecule has 0 spiro atoms. The highest BCUT2D eigenvalue weighted by atomic mass is 35.5. The van der Waals surface area contributed by atoms with Crippen LogP contribution < -0.4 is 19.6 Å². The smallest absolute Gasteiger partial charge is 0.271 e. The van der Waals surface area contributed by atoms with Crippen molar-refractivity contribution in [2.75, 3.05) is 14.2 Å². The normalized spacial score (nSPS) is 10.8. The molecule has 0 aliphatic carbocycles. The van der Waals surface area contributed by atoms with Crippen molar-refractivity contribution in [2.24, 2.45) is 5.10 Å². The molecule has 0 bridgehead atoms. The monoisotopic (exact) mass is 376 g/mol. The second-order valence-electron chi connectivity index (χ2n) is 5.63. The minimum absolute atomic E-state index is 0.0765. The fraction of sp³-hybridized carbons (Fsp3) is 0.263. The number of carbonyl (C=O) groups excluding carboxylic acids is 1. The molecule has 0 radical (unpaired) electrons. The summed E-state index contributed by atoms with van der Waals surface area (Å²) in [5, 5.41) is 4.34. The van der Waals surface area contributed by atoms with E-state index in [1.165, 1.54) is 20.4 Å². The van der Waals surface area contributed by atoms with E-state index in [9.17, 15) is 4.79 Å². The number of nitrogens with zero attached hydrogens (tertiary/aromatic N) is 1. The van der Waals surface area contributed by atoms with Crippen LogP contribution in [-0.2, 0) is 0 Å². The van der Waals surface area contributed by atoms with Gasteiger partial charge >= 0.3 is 0 Å². The zero-order valence-corrected chi connectivity index (χ0v) is 15.8. The van der Waals surface area contributed by atoms with Crippen molar-refractivity contribution in [1.82, 2.24) is 5.43 Å². The van der Waals surface area contributed by atoms with Crippen LogP contribution in [0.3, 0.4) is 0 Å². The predicted octanol–water partition coefficient (Wildman–Crippen LogP) is 3.91. The minimum Gasteiger partial charge on any atom is -0.493 e. The highest BCUT2D eigenvalue weighted by molar-refractivity contribution is 6.32. The SMILES string of the molecule is COc1cc(/C=N\NC(=O)c2ccc(OC(C)C)cc2)cc(Cl)c1OC. The largest absolute Gasteiger partial charge is 0.493 e. The number of methoxy groups -OCH3 is 2. The first kappa shape index (κ1) is 19.6. The third kappa shape index (κ3) is 5.13. The van der Waals surface area contributed by atoms with Gasteiger partial charge in [-0.1, -0.05) is 11.6 Å². The fourth-order valence-electron chi connectivity index (χ4n) is 2.20. The number of ether oxygens (including phenoxy) is 3. The number of hydrogen-bond donors (Lipinski definition) is 1. The zero-order chi connectivity index (χ0) is 19.1. The van der Waals surface area contributed by atoms with Gasteiger partial charge in [0.05, 0.1) is 31.6 Å². The molecule has 0 saturated heterocycles. The number of nitrogens with one attached hydrogen (secondary N) is 1. The Bertz CT molecular complexity index is 789. The Morgan fingerprint density at radius 2 is 1.85 bits per heavy atom. The van der Waals surface area contributed by atoms with Crippen molar-refractivity contribution in [3.63, 3.8) is 0 Å². The molecule has 2 aromatic carbocycles.